The predicted octanol–water partition coefficient (Wildman–Crippen LogP) is 5.40. The molecule has 0 radical (unpaired) electrons. The summed E-state index contributed by atoms with van der Waals surface area (Å²) in [5, 5.41) is 0.976. The lowest BCUT2D eigenvalue weighted by Crippen LogP contribution is -2.00. The summed E-state index contributed by atoms with van der Waals surface area (Å²) in [6.07, 6.45) is 0. The first kappa shape index (κ1) is 15.1. The lowest BCUT2D eigenvalue weighted by Gasteiger charge is -2.12. The lowest BCUT2D eigenvalue weighted by atomic mass is 9.98. The van der Waals surface area contributed by atoms with E-state index in [9.17, 15) is 0 Å². The van der Waals surface area contributed by atoms with Gasteiger partial charge in [0.05, 0.1) is 10.7 Å². The Morgan fingerprint density at radius 1 is 1.15 bits per heavy atom. The van der Waals surface area contributed by atoms with Crippen LogP contribution in [0.2, 0.25) is 10.2 Å². The minimum absolute atomic E-state index is 0.305. The first-order valence-corrected chi connectivity index (χ1v) is 7.27. The maximum Gasteiger partial charge on any atom is 0.132 e. The molecule has 4 heteroatoms. The summed E-state index contributed by atoms with van der Waals surface area (Å²) in [6.45, 7) is 6.75. The molecule has 0 aliphatic heterocycles. The van der Waals surface area contributed by atoms with E-state index in [1.54, 1.807) is 12.1 Å². The highest BCUT2D eigenvalue weighted by Gasteiger charge is 2.07. The molecule has 1 aromatic carbocycles. The van der Waals surface area contributed by atoms with Crippen LogP contribution in [0, 0.1) is 6.92 Å². The van der Waals surface area contributed by atoms with E-state index in [2.05, 4.69) is 31.8 Å². The highest BCUT2D eigenvalue weighted by atomic mass is 35.5. The van der Waals surface area contributed by atoms with Crippen LogP contribution in [0.4, 0.5) is 0 Å². The van der Waals surface area contributed by atoms with Crippen LogP contribution in [0.25, 0.3) is 0 Å². The molecule has 2 rings (SSSR count). The molecule has 0 saturated heterocycles. The fourth-order valence-electron chi connectivity index (χ4n) is 2.10. The zero-order valence-electron chi connectivity index (χ0n) is 11.8. The molecule has 2 nitrogen and oxygen atoms in total. The molecule has 0 N–H and O–H groups in total. The average molecular weight is 310 g/mol. The summed E-state index contributed by atoms with van der Waals surface area (Å²) >= 11 is 11.9. The van der Waals surface area contributed by atoms with Crippen molar-refractivity contribution in [2.75, 3.05) is 0 Å². The molecule has 0 unspecified atom stereocenters. The number of aryl methyl sites for hydroxylation is 1. The van der Waals surface area contributed by atoms with Crippen molar-refractivity contribution < 1.29 is 4.74 Å². The van der Waals surface area contributed by atoms with E-state index >= 15 is 0 Å². The number of hydrogen-bond acceptors (Lipinski definition) is 2. The van der Waals surface area contributed by atoms with Gasteiger partial charge in [-0.25, -0.2) is 4.98 Å². The number of halogens is 2. The van der Waals surface area contributed by atoms with Gasteiger partial charge >= 0.3 is 0 Å². The van der Waals surface area contributed by atoms with E-state index in [1.807, 2.05) is 12.1 Å². The van der Waals surface area contributed by atoms with E-state index in [4.69, 9.17) is 27.9 Å². The van der Waals surface area contributed by atoms with Crippen LogP contribution in [0.15, 0.2) is 30.3 Å². The highest BCUT2D eigenvalue weighted by molar-refractivity contribution is 6.32. The first-order chi connectivity index (χ1) is 9.47. The van der Waals surface area contributed by atoms with Crippen LogP contribution in [-0.4, -0.2) is 4.98 Å². The van der Waals surface area contributed by atoms with Gasteiger partial charge in [-0.05, 0) is 48.2 Å². The van der Waals surface area contributed by atoms with Crippen LogP contribution in [-0.2, 0) is 6.61 Å². The summed E-state index contributed by atoms with van der Waals surface area (Å²) in [6, 6.07) is 9.49. The first-order valence-electron chi connectivity index (χ1n) is 6.51. The Hall–Kier alpha value is -1.25. The molecule has 20 heavy (non-hydrogen) atoms. The van der Waals surface area contributed by atoms with E-state index < -0.39 is 0 Å². The Bertz CT molecular complexity index is 611. The minimum Gasteiger partial charge on any atom is -0.487 e. The second kappa shape index (κ2) is 6.47. The molecule has 0 atom stereocenters. The largest absolute Gasteiger partial charge is 0.487 e. The van der Waals surface area contributed by atoms with Gasteiger partial charge in [-0.1, -0.05) is 43.1 Å². The van der Waals surface area contributed by atoms with Gasteiger partial charge in [0.1, 0.15) is 17.5 Å². The number of pyridine rings is 1. The van der Waals surface area contributed by atoms with Gasteiger partial charge in [-0.3, -0.25) is 0 Å². The van der Waals surface area contributed by atoms with E-state index in [0.717, 1.165) is 5.75 Å². The molecular weight excluding hydrogens is 293 g/mol. The predicted molar refractivity (Wildman–Crippen MR) is 83.9 cm³/mol. The van der Waals surface area contributed by atoms with E-state index in [-0.39, 0.29) is 0 Å². The van der Waals surface area contributed by atoms with Crippen LogP contribution in [0.1, 0.15) is 36.6 Å². The second-order valence-corrected chi connectivity index (χ2v) is 5.82. The number of hydrogen-bond donors (Lipinski definition) is 0. The van der Waals surface area contributed by atoms with Crippen molar-refractivity contribution in [1.82, 2.24) is 4.98 Å². The van der Waals surface area contributed by atoms with Crippen LogP contribution < -0.4 is 4.74 Å². The van der Waals surface area contributed by atoms with Gasteiger partial charge in [0, 0.05) is 0 Å². The molecule has 0 amide bonds. The SMILES string of the molecule is Cc1cc(OCc2nc(Cl)ccc2Cl)ccc1C(C)C. The van der Waals surface area contributed by atoms with Gasteiger partial charge in [0.15, 0.2) is 0 Å². The van der Waals surface area contributed by atoms with Gasteiger partial charge in [-0.2, -0.15) is 0 Å². The molecular formula is C16H17Cl2NO. The topological polar surface area (TPSA) is 22.1 Å². The number of nitrogens with zero attached hydrogens (tertiary/aromatic N) is 1. The van der Waals surface area contributed by atoms with E-state index in [1.165, 1.54) is 11.1 Å². The molecule has 106 valence electrons. The van der Waals surface area contributed by atoms with Crippen molar-refractivity contribution in [3.63, 3.8) is 0 Å². The fraction of sp³-hybridized carbons (Fsp3) is 0.312. The van der Waals surface area contributed by atoms with Gasteiger partial charge in [0.25, 0.3) is 0 Å². The Balaban J connectivity index is 2.11. The number of aromatic nitrogens is 1. The minimum atomic E-state index is 0.305. The van der Waals surface area contributed by atoms with Crippen molar-refractivity contribution in [1.29, 1.82) is 0 Å². The number of ether oxygens (including phenoxy) is 1. The zero-order chi connectivity index (χ0) is 14.7. The standard InChI is InChI=1S/C16H17Cl2NO/c1-10(2)13-5-4-12(8-11(13)3)20-9-15-14(17)6-7-16(18)19-15/h4-8,10H,9H2,1-3H3. The molecule has 0 spiro atoms. The molecule has 0 saturated carbocycles. The molecule has 1 heterocycles. The molecule has 0 fully saturated rings. The second-order valence-electron chi connectivity index (χ2n) is 5.02. The maximum absolute atomic E-state index is 6.06. The number of benzene rings is 1. The zero-order valence-corrected chi connectivity index (χ0v) is 13.3. The summed E-state index contributed by atoms with van der Waals surface area (Å²) in [7, 11) is 0. The molecule has 0 bridgehead atoms. The number of rotatable bonds is 4. The summed E-state index contributed by atoms with van der Waals surface area (Å²) in [5.41, 5.74) is 3.20. The van der Waals surface area contributed by atoms with Crippen LogP contribution in [0.3, 0.4) is 0 Å². The summed E-state index contributed by atoms with van der Waals surface area (Å²) in [5.74, 6) is 1.32. The van der Waals surface area contributed by atoms with Crippen molar-refractivity contribution >= 4 is 23.2 Å². The third-order valence-corrected chi connectivity index (χ3v) is 3.68. The Morgan fingerprint density at radius 3 is 2.55 bits per heavy atom. The smallest absolute Gasteiger partial charge is 0.132 e. The quantitative estimate of drug-likeness (QED) is 0.705. The fourth-order valence-corrected chi connectivity index (χ4v) is 2.42. The monoisotopic (exact) mass is 309 g/mol. The van der Waals surface area contributed by atoms with Crippen molar-refractivity contribution in [2.45, 2.75) is 33.3 Å². The Labute approximate surface area is 129 Å². The van der Waals surface area contributed by atoms with Gasteiger partial charge in [0.2, 0.25) is 0 Å². The maximum atomic E-state index is 6.06. The molecule has 0 aliphatic rings. The Morgan fingerprint density at radius 2 is 1.90 bits per heavy atom. The average Bonchev–Trinajstić information content (AvgIpc) is 2.39. The Kier molecular flexibility index (Phi) is 4.90. The summed E-state index contributed by atoms with van der Waals surface area (Å²) in [4.78, 5) is 4.16. The highest BCUT2D eigenvalue weighted by Crippen LogP contribution is 2.25. The van der Waals surface area contributed by atoms with Crippen LogP contribution in [0.5, 0.6) is 5.75 Å². The molecule has 2 aromatic rings. The van der Waals surface area contributed by atoms with Crippen molar-refractivity contribution in [3.05, 3.63) is 57.3 Å². The van der Waals surface area contributed by atoms with Crippen molar-refractivity contribution in [3.8, 4) is 5.75 Å². The summed E-state index contributed by atoms with van der Waals surface area (Å²) < 4.78 is 5.74. The van der Waals surface area contributed by atoms with Gasteiger partial charge in [-0.15, -0.1) is 0 Å². The van der Waals surface area contributed by atoms with E-state index in [0.29, 0.717) is 28.4 Å². The van der Waals surface area contributed by atoms with Crippen LogP contribution >= 0.6 is 23.2 Å². The molecule has 0 aliphatic carbocycles. The van der Waals surface area contributed by atoms with Crippen molar-refractivity contribution in [2.24, 2.45) is 0 Å². The third kappa shape index (κ3) is 3.65. The molecule has 1 aromatic heterocycles. The normalized spacial score (nSPS) is 10.9. The third-order valence-electron chi connectivity index (χ3n) is 3.12. The lowest BCUT2D eigenvalue weighted by molar-refractivity contribution is 0.301. The van der Waals surface area contributed by atoms with Gasteiger partial charge < -0.3 is 4.74 Å².